The molecular formula is C11H13N3O2. The maximum Gasteiger partial charge on any atom is 0.354 e. The predicted molar refractivity (Wildman–Crippen MR) is 59.5 cm³/mol. The molecule has 0 bridgehead atoms. The summed E-state index contributed by atoms with van der Waals surface area (Å²) in [6, 6.07) is 3.78. The lowest BCUT2D eigenvalue weighted by atomic mass is 10.2. The van der Waals surface area contributed by atoms with Crippen LogP contribution in [0, 0.1) is 0 Å². The molecule has 2 aromatic rings. The minimum Gasteiger partial charge on any atom is -0.477 e. The molecule has 0 aliphatic carbocycles. The molecule has 2 aromatic heterocycles. The van der Waals surface area contributed by atoms with Crippen LogP contribution in [0.25, 0.3) is 5.65 Å². The molecular weight excluding hydrogens is 206 g/mol. The van der Waals surface area contributed by atoms with Crippen LogP contribution < -0.4 is 0 Å². The van der Waals surface area contributed by atoms with E-state index in [2.05, 4.69) is 4.98 Å². The first-order chi connectivity index (χ1) is 7.58. The summed E-state index contributed by atoms with van der Waals surface area (Å²) < 4.78 is 1.60. The minimum absolute atomic E-state index is 0.190. The lowest BCUT2D eigenvalue weighted by molar-refractivity contribution is 0.0689. The van der Waals surface area contributed by atoms with Gasteiger partial charge in [-0.15, -0.1) is 0 Å². The molecule has 0 saturated heterocycles. The van der Waals surface area contributed by atoms with E-state index in [0.29, 0.717) is 5.65 Å². The lowest BCUT2D eigenvalue weighted by Crippen LogP contribution is -2.11. The maximum atomic E-state index is 10.9. The average Bonchev–Trinajstić information content (AvgIpc) is 2.59. The second-order valence-corrected chi connectivity index (χ2v) is 3.95. The number of pyridine rings is 1. The van der Waals surface area contributed by atoms with E-state index < -0.39 is 5.97 Å². The zero-order chi connectivity index (χ0) is 11.7. The minimum atomic E-state index is -0.963. The average molecular weight is 219 g/mol. The van der Waals surface area contributed by atoms with Gasteiger partial charge in [-0.2, -0.15) is 0 Å². The van der Waals surface area contributed by atoms with E-state index in [1.54, 1.807) is 4.40 Å². The van der Waals surface area contributed by atoms with Crippen molar-refractivity contribution in [2.45, 2.75) is 6.54 Å². The fourth-order valence-corrected chi connectivity index (χ4v) is 1.64. The van der Waals surface area contributed by atoms with Gasteiger partial charge in [0.2, 0.25) is 0 Å². The number of carboxylic acid groups (broad SMARTS) is 1. The normalized spacial score (nSPS) is 11.2. The fourth-order valence-electron chi connectivity index (χ4n) is 1.64. The van der Waals surface area contributed by atoms with Crippen molar-refractivity contribution >= 4 is 11.6 Å². The lowest BCUT2D eigenvalue weighted by Gasteiger charge is -2.09. The fraction of sp³-hybridized carbons (Fsp3) is 0.273. The molecule has 2 rings (SSSR count). The summed E-state index contributed by atoms with van der Waals surface area (Å²) in [5.41, 5.74) is 1.90. The number of aromatic nitrogens is 2. The molecule has 0 unspecified atom stereocenters. The molecule has 0 radical (unpaired) electrons. The van der Waals surface area contributed by atoms with Gasteiger partial charge in [0.05, 0.1) is 6.20 Å². The number of imidazole rings is 1. The molecule has 1 N–H and O–H groups in total. The van der Waals surface area contributed by atoms with Crippen molar-refractivity contribution in [1.29, 1.82) is 0 Å². The van der Waals surface area contributed by atoms with Gasteiger partial charge in [-0.05, 0) is 25.7 Å². The zero-order valence-corrected chi connectivity index (χ0v) is 9.21. The summed E-state index contributed by atoms with van der Waals surface area (Å²) in [7, 11) is 3.94. The first-order valence-electron chi connectivity index (χ1n) is 4.92. The van der Waals surface area contributed by atoms with E-state index in [-0.39, 0.29) is 5.69 Å². The highest BCUT2D eigenvalue weighted by Crippen LogP contribution is 2.10. The molecule has 16 heavy (non-hydrogen) atoms. The van der Waals surface area contributed by atoms with E-state index in [1.807, 2.05) is 37.3 Å². The molecule has 0 aliphatic heterocycles. The molecule has 0 saturated carbocycles. The Morgan fingerprint density at radius 3 is 2.88 bits per heavy atom. The van der Waals surface area contributed by atoms with E-state index in [0.717, 1.165) is 12.1 Å². The molecule has 0 amide bonds. The Labute approximate surface area is 92.9 Å². The second-order valence-electron chi connectivity index (χ2n) is 3.95. The van der Waals surface area contributed by atoms with Gasteiger partial charge in [-0.3, -0.25) is 4.40 Å². The summed E-state index contributed by atoms with van der Waals surface area (Å²) in [5, 5.41) is 8.97. The zero-order valence-electron chi connectivity index (χ0n) is 9.21. The smallest absolute Gasteiger partial charge is 0.354 e. The van der Waals surface area contributed by atoms with Crippen molar-refractivity contribution < 1.29 is 9.90 Å². The van der Waals surface area contributed by atoms with Gasteiger partial charge in [0.25, 0.3) is 0 Å². The van der Waals surface area contributed by atoms with E-state index in [9.17, 15) is 4.79 Å². The van der Waals surface area contributed by atoms with Crippen molar-refractivity contribution in [3.8, 4) is 0 Å². The quantitative estimate of drug-likeness (QED) is 0.839. The Hall–Kier alpha value is -1.88. The largest absolute Gasteiger partial charge is 0.477 e. The van der Waals surface area contributed by atoms with Gasteiger partial charge < -0.3 is 10.0 Å². The highest BCUT2D eigenvalue weighted by Gasteiger charge is 2.10. The molecule has 5 heteroatoms. The van der Waals surface area contributed by atoms with Gasteiger partial charge in [0.1, 0.15) is 5.65 Å². The van der Waals surface area contributed by atoms with Gasteiger partial charge in [0.15, 0.2) is 5.69 Å². The van der Waals surface area contributed by atoms with Crippen molar-refractivity contribution in [3.05, 3.63) is 35.8 Å². The Balaban J connectivity index is 2.50. The third-order valence-electron chi connectivity index (χ3n) is 2.28. The van der Waals surface area contributed by atoms with Crippen LogP contribution in [0.3, 0.4) is 0 Å². The van der Waals surface area contributed by atoms with Crippen molar-refractivity contribution in [3.63, 3.8) is 0 Å². The summed E-state index contributed by atoms with van der Waals surface area (Å²) in [6.07, 6.45) is 3.18. The van der Waals surface area contributed by atoms with Crippen LogP contribution in [-0.2, 0) is 6.54 Å². The SMILES string of the molecule is CN(C)Cc1ccc2ncc(C(=O)O)n2c1. The van der Waals surface area contributed by atoms with Crippen LogP contribution in [0.1, 0.15) is 16.1 Å². The van der Waals surface area contributed by atoms with E-state index in [4.69, 9.17) is 5.11 Å². The molecule has 0 atom stereocenters. The van der Waals surface area contributed by atoms with E-state index in [1.165, 1.54) is 6.20 Å². The van der Waals surface area contributed by atoms with Gasteiger partial charge in [-0.25, -0.2) is 9.78 Å². The standard InChI is InChI=1S/C11H13N3O2/c1-13(2)6-8-3-4-10-12-5-9(11(15)16)14(10)7-8/h3-5,7H,6H2,1-2H3,(H,15,16). The number of nitrogens with zero attached hydrogens (tertiary/aromatic N) is 3. The summed E-state index contributed by atoms with van der Waals surface area (Å²) in [6.45, 7) is 0.771. The van der Waals surface area contributed by atoms with Crippen LogP contribution in [0.2, 0.25) is 0 Å². The Morgan fingerprint density at radius 1 is 1.50 bits per heavy atom. The molecule has 0 fully saturated rings. The monoisotopic (exact) mass is 219 g/mol. The number of fused-ring (bicyclic) bond motifs is 1. The van der Waals surface area contributed by atoms with Crippen molar-refractivity contribution in [2.24, 2.45) is 0 Å². The molecule has 2 heterocycles. The number of rotatable bonds is 3. The molecule has 0 aromatic carbocycles. The Kier molecular flexibility index (Phi) is 2.62. The number of aromatic carboxylic acids is 1. The van der Waals surface area contributed by atoms with E-state index >= 15 is 0 Å². The number of hydrogen-bond donors (Lipinski definition) is 1. The predicted octanol–water partition coefficient (Wildman–Crippen LogP) is 1.09. The highest BCUT2D eigenvalue weighted by molar-refractivity contribution is 5.86. The molecule has 5 nitrogen and oxygen atoms in total. The third-order valence-corrected chi connectivity index (χ3v) is 2.28. The Morgan fingerprint density at radius 2 is 2.25 bits per heavy atom. The first kappa shape index (κ1) is 10.6. The van der Waals surface area contributed by atoms with Gasteiger partial charge >= 0.3 is 5.97 Å². The van der Waals surface area contributed by atoms with Crippen LogP contribution in [0.15, 0.2) is 24.5 Å². The summed E-state index contributed by atoms with van der Waals surface area (Å²) >= 11 is 0. The van der Waals surface area contributed by atoms with Crippen LogP contribution in [0.5, 0.6) is 0 Å². The number of carbonyl (C=O) groups is 1. The molecule has 0 spiro atoms. The van der Waals surface area contributed by atoms with Crippen LogP contribution in [-0.4, -0.2) is 39.5 Å². The molecule has 84 valence electrons. The summed E-state index contributed by atoms with van der Waals surface area (Å²) in [4.78, 5) is 17.0. The highest BCUT2D eigenvalue weighted by atomic mass is 16.4. The van der Waals surface area contributed by atoms with Crippen LogP contribution >= 0.6 is 0 Å². The Bertz CT molecular complexity index is 531. The first-order valence-corrected chi connectivity index (χ1v) is 4.92. The van der Waals surface area contributed by atoms with Gasteiger partial charge in [0, 0.05) is 12.7 Å². The topological polar surface area (TPSA) is 57.8 Å². The number of carboxylic acids is 1. The molecule has 0 aliphatic rings. The van der Waals surface area contributed by atoms with Crippen molar-refractivity contribution in [1.82, 2.24) is 14.3 Å². The second kappa shape index (κ2) is 3.94. The van der Waals surface area contributed by atoms with Crippen molar-refractivity contribution in [2.75, 3.05) is 14.1 Å². The van der Waals surface area contributed by atoms with Gasteiger partial charge in [-0.1, -0.05) is 6.07 Å². The number of hydrogen-bond acceptors (Lipinski definition) is 3. The van der Waals surface area contributed by atoms with Crippen LogP contribution in [0.4, 0.5) is 0 Å². The maximum absolute atomic E-state index is 10.9. The summed E-state index contributed by atoms with van der Waals surface area (Å²) in [5.74, 6) is -0.963. The third kappa shape index (κ3) is 1.90.